The molecule has 1 aliphatic heterocycles. The van der Waals surface area contributed by atoms with Gasteiger partial charge in [-0.25, -0.2) is 0 Å². The highest BCUT2D eigenvalue weighted by Gasteiger charge is 2.35. The van der Waals surface area contributed by atoms with Gasteiger partial charge in [-0.1, -0.05) is 29.8 Å². The van der Waals surface area contributed by atoms with Crippen molar-refractivity contribution in [3.63, 3.8) is 0 Å². The Morgan fingerprint density at radius 2 is 1.68 bits per heavy atom. The van der Waals surface area contributed by atoms with Gasteiger partial charge in [-0.2, -0.15) is 0 Å². The normalized spacial score (nSPS) is 13.0. The van der Waals surface area contributed by atoms with Gasteiger partial charge in [0.25, 0.3) is 11.8 Å². The van der Waals surface area contributed by atoms with Gasteiger partial charge >= 0.3 is 0 Å². The van der Waals surface area contributed by atoms with Gasteiger partial charge in [-0.3, -0.25) is 19.7 Å². The molecule has 0 saturated heterocycles. The predicted octanol–water partition coefficient (Wildman–Crippen LogP) is 4.11. The number of hydrogen-bond acceptors (Lipinski definition) is 5. The van der Waals surface area contributed by atoms with Crippen LogP contribution in [0, 0.1) is 0 Å². The van der Waals surface area contributed by atoms with E-state index in [1.54, 1.807) is 42.3 Å². The van der Waals surface area contributed by atoms with Crippen LogP contribution in [0.15, 0.2) is 48.5 Å². The molecular formula is C28H27ClN4O4. The summed E-state index contributed by atoms with van der Waals surface area (Å²) in [5, 5.41) is 14.3. The second kappa shape index (κ2) is 9.53. The van der Waals surface area contributed by atoms with Gasteiger partial charge in [-0.15, -0.1) is 0 Å². The van der Waals surface area contributed by atoms with Crippen molar-refractivity contribution < 1.29 is 19.5 Å². The first-order valence-electron chi connectivity index (χ1n) is 12.0. The van der Waals surface area contributed by atoms with Crippen molar-refractivity contribution in [2.24, 2.45) is 0 Å². The van der Waals surface area contributed by atoms with E-state index < -0.39 is 11.8 Å². The molecule has 8 nitrogen and oxygen atoms in total. The first kappa shape index (κ1) is 24.8. The Balaban J connectivity index is 1.71. The number of rotatable bonds is 7. The van der Waals surface area contributed by atoms with Gasteiger partial charge in [0.1, 0.15) is 5.75 Å². The Bertz CT molecular complexity index is 1590. The molecule has 0 aliphatic carbocycles. The second-order valence-electron chi connectivity index (χ2n) is 9.55. The zero-order valence-electron chi connectivity index (χ0n) is 20.8. The SMILES string of the molecule is CN(C)CCN(C)C(=O)CCn1c2ccc(O)cc2c2c3c(c(-c4ccccc4Cl)cc21)C(=O)NC3=O. The average Bonchev–Trinajstić information content (AvgIpc) is 3.33. The lowest BCUT2D eigenvalue weighted by Crippen LogP contribution is -2.33. The van der Waals surface area contributed by atoms with Crippen molar-refractivity contribution in [1.29, 1.82) is 0 Å². The number of carbonyl (C=O) groups is 3. The number of nitrogens with one attached hydrogen (secondary N) is 1. The number of aryl methyl sites for hydroxylation is 1. The minimum Gasteiger partial charge on any atom is -0.508 e. The molecule has 0 spiro atoms. The average molecular weight is 519 g/mol. The summed E-state index contributed by atoms with van der Waals surface area (Å²) in [6.07, 6.45) is 0.243. The number of amides is 3. The fourth-order valence-corrected chi connectivity index (χ4v) is 5.18. The van der Waals surface area contributed by atoms with Crippen LogP contribution in [0.5, 0.6) is 5.75 Å². The van der Waals surface area contributed by atoms with Crippen LogP contribution in [0.1, 0.15) is 27.1 Å². The topological polar surface area (TPSA) is 94.9 Å². The Hall–Kier alpha value is -3.88. The molecule has 0 fully saturated rings. The van der Waals surface area contributed by atoms with E-state index in [0.29, 0.717) is 45.5 Å². The summed E-state index contributed by atoms with van der Waals surface area (Å²) in [6.45, 7) is 1.72. The third kappa shape index (κ3) is 4.32. The highest BCUT2D eigenvalue weighted by Crippen LogP contribution is 2.42. The highest BCUT2D eigenvalue weighted by molar-refractivity contribution is 6.36. The molecule has 2 N–H and O–H groups in total. The third-order valence-corrected chi connectivity index (χ3v) is 7.17. The van der Waals surface area contributed by atoms with E-state index in [1.165, 1.54) is 0 Å². The second-order valence-corrected chi connectivity index (χ2v) is 9.96. The standard InChI is InChI=1S/C28H27ClN4O4/c1-31(2)12-13-32(3)23(35)10-11-33-21-9-8-16(34)14-19(21)24-22(33)15-18(17-6-4-5-7-20(17)29)25-26(24)28(37)30-27(25)36/h4-9,14-15,34H,10-13H2,1-3H3,(H,30,36,37). The first-order valence-corrected chi connectivity index (χ1v) is 12.4. The lowest BCUT2D eigenvalue weighted by Gasteiger charge is -2.20. The van der Waals surface area contributed by atoms with Crippen LogP contribution in [-0.2, 0) is 11.3 Å². The summed E-state index contributed by atoms with van der Waals surface area (Å²) in [6, 6.07) is 13.9. The molecule has 0 radical (unpaired) electrons. The number of benzene rings is 3. The summed E-state index contributed by atoms with van der Waals surface area (Å²) in [7, 11) is 5.71. The van der Waals surface area contributed by atoms with Crippen LogP contribution in [-0.4, -0.2) is 71.4 Å². The molecule has 2 heterocycles. The Labute approximate surface area is 219 Å². The summed E-state index contributed by atoms with van der Waals surface area (Å²) in [4.78, 5) is 42.7. The molecular weight excluding hydrogens is 492 g/mol. The van der Waals surface area contributed by atoms with Gasteiger partial charge in [0.2, 0.25) is 5.91 Å². The van der Waals surface area contributed by atoms with Crippen LogP contribution in [0.3, 0.4) is 0 Å². The number of fused-ring (bicyclic) bond motifs is 5. The minimum atomic E-state index is -0.499. The van der Waals surface area contributed by atoms with Crippen molar-refractivity contribution in [1.82, 2.24) is 19.7 Å². The molecule has 1 aromatic heterocycles. The summed E-state index contributed by atoms with van der Waals surface area (Å²) < 4.78 is 1.97. The minimum absolute atomic E-state index is 0.00367. The molecule has 0 saturated carbocycles. The van der Waals surface area contributed by atoms with Crippen LogP contribution in [0.2, 0.25) is 5.02 Å². The first-order chi connectivity index (χ1) is 17.7. The molecule has 3 amide bonds. The van der Waals surface area contributed by atoms with Crippen molar-refractivity contribution in [2.45, 2.75) is 13.0 Å². The maximum atomic E-state index is 13.1. The Kier molecular flexibility index (Phi) is 6.39. The van der Waals surface area contributed by atoms with Crippen LogP contribution in [0.25, 0.3) is 32.9 Å². The number of imide groups is 1. The molecule has 5 rings (SSSR count). The molecule has 3 aromatic carbocycles. The number of hydrogen-bond donors (Lipinski definition) is 2. The van der Waals surface area contributed by atoms with E-state index in [2.05, 4.69) is 5.32 Å². The number of likely N-dealkylation sites (N-methyl/N-ethyl adjacent to an activating group) is 2. The molecule has 4 aromatic rings. The smallest absolute Gasteiger partial charge is 0.259 e. The van der Waals surface area contributed by atoms with E-state index in [9.17, 15) is 19.5 Å². The van der Waals surface area contributed by atoms with E-state index in [-0.39, 0.29) is 29.2 Å². The summed E-state index contributed by atoms with van der Waals surface area (Å²) >= 11 is 6.51. The fraction of sp³-hybridized carbons (Fsp3) is 0.250. The van der Waals surface area contributed by atoms with Gasteiger partial charge < -0.3 is 19.5 Å². The number of phenolic OH excluding ortho intramolecular Hbond substituents is 1. The predicted molar refractivity (Wildman–Crippen MR) is 144 cm³/mol. The van der Waals surface area contributed by atoms with Crippen molar-refractivity contribution in [3.05, 3.63) is 64.7 Å². The number of nitrogens with zero attached hydrogens (tertiary/aromatic N) is 3. The zero-order chi connectivity index (χ0) is 26.4. The zero-order valence-corrected chi connectivity index (χ0v) is 21.6. The molecule has 0 bridgehead atoms. The van der Waals surface area contributed by atoms with E-state index in [0.717, 1.165) is 12.1 Å². The van der Waals surface area contributed by atoms with Crippen LogP contribution in [0.4, 0.5) is 0 Å². The quantitative estimate of drug-likeness (QED) is 0.359. The molecule has 0 atom stereocenters. The molecule has 1 aliphatic rings. The molecule has 9 heteroatoms. The number of phenols is 1. The number of aromatic nitrogens is 1. The van der Waals surface area contributed by atoms with Gasteiger partial charge in [0.05, 0.1) is 16.6 Å². The maximum absolute atomic E-state index is 13.1. The van der Waals surface area contributed by atoms with Gasteiger partial charge in [0.15, 0.2) is 0 Å². The summed E-state index contributed by atoms with van der Waals surface area (Å²) in [5.41, 5.74) is 3.12. The van der Waals surface area contributed by atoms with E-state index in [4.69, 9.17) is 11.6 Å². The number of halogens is 1. The highest BCUT2D eigenvalue weighted by atomic mass is 35.5. The van der Waals surface area contributed by atoms with Crippen LogP contribution < -0.4 is 5.32 Å². The van der Waals surface area contributed by atoms with Crippen molar-refractivity contribution in [3.8, 4) is 16.9 Å². The lowest BCUT2D eigenvalue weighted by molar-refractivity contribution is -0.130. The Morgan fingerprint density at radius 1 is 0.946 bits per heavy atom. The van der Waals surface area contributed by atoms with Gasteiger partial charge in [-0.05, 0) is 50.0 Å². The molecule has 0 unspecified atom stereocenters. The fourth-order valence-electron chi connectivity index (χ4n) is 4.94. The molecule has 37 heavy (non-hydrogen) atoms. The maximum Gasteiger partial charge on any atom is 0.259 e. The van der Waals surface area contributed by atoms with E-state index >= 15 is 0 Å². The largest absolute Gasteiger partial charge is 0.508 e. The van der Waals surface area contributed by atoms with Crippen molar-refractivity contribution in [2.75, 3.05) is 34.2 Å². The Morgan fingerprint density at radius 3 is 2.41 bits per heavy atom. The monoisotopic (exact) mass is 518 g/mol. The lowest BCUT2D eigenvalue weighted by atomic mass is 9.93. The third-order valence-electron chi connectivity index (χ3n) is 6.84. The summed E-state index contributed by atoms with van der Waals surface area (Å²) in [5.74, 6) is -0.952. The molecule has 190 valence electrons. The number of carbonyl (C=O) groups excluding carboxylic acids is 3. The van der Waals surface area contributed by atoms with Crippen LogP contribution >= 0.6 is 11.6 Å². The van der Waals surface area contributed by atoms with Crippen molar-refractivity contribution >= 4 is 51.1 Å². The number of aromatic hydroxyl groups is 1. The van der Waals surface area contributed by atoms with E-state index in [1.807, 2.05) is 41.8 Å². The van der Waals surface area contributed by atoms with Gasteiger partial charge in [0, 0.05) is 60.0 Å².